The van der Waals surface area contributed by atoms with Crippen LogP contribution in [0, 0.1) is 5.82 Å². The molecule has 1 aliphatic heterocycles. The lowest BCUT2D eigenvalue weighted by molar-refractivity contribution is -0.118. The van der Waals surface area contributed by atoms with Crippen molar-refractivity contribution >= 4 is 11.6 Å². The molecule has 0 radical (unpaired) electrons. The minimum Gasteiger partial charge on any atom is -0.494 e. The molecule has 0 spiro atoms. The van der Waals surface area contributed by atoms with Gasteiger partial charge in [0.25, 0.3) is 0 Å². The predicted octanol–water partition coefficient (Wildman–Crippen LogP) is 0.770. The number of carbonyl (C=O) groups excluding carboxylic acids is 1. The normalized spacial score (nSPS) is 16.4. The van der Waals surface area contributed by atoms with Gasteiger partial charge in [0.15, 0.2) is 11.6 Å². The first-order chi connectivity index (χ1) is 7.72. The van der Waals surface area contributed by atoms with Crippen molar-refractivity contribution in [2.45, 2.75) is 0 Å². The molecule has 1 amide bonds. The van der Waals surface area contributed by atoms with Crippen LogP contribution in [0.15, 0.2) is 18.2 Å². The third-order valence-corrected chi connectivity index (χ3v) is 2.54. The molecular formula is C11H13FN2O2. The van der Waals surface area contributed by atoms with Gasteiger partial charge in [-0.25, -0.2) is 4.39 Å². The number of benzene rings is 1. The summed E-state index contributed by atoms with van der Waals surface area (Å²) in [6.07, 6.45) is 0. The van der Waals surface area contributed by atoms with Crippen molar-refractivity contribution in [1.82, 2.24) is 5.32 Å². The third-order valence-electron chi connectivity index (χ3n) is 2.54. The molecule has 16 heavy (non-hydrogen) atoms. The Labute approximate surface area is 93.0 Å². The van der Waals surface area contributed by atoms with Crippen molar-refractivity contribution in [3.63, 3.8) is 0 Å². The fraction of sp³-hybridized carbons (Fsp3) is 0.364. The Bertz CT molecular complexity index is 409. The van der Waals surface area contributed by atoms with Gasteiger partial charge < -0.3 is 15.0 Å². The largest absolute Gasteiger partial charge is 0.494 e. The lowest BCUT2D eigenvalue weighted by atomic mass is 10.2. The van der Waals surface area contributed by atoms with Crippen LogP contribution in [0.5, 0.6) is 5.75 Å². The van der Waals surface area contributed by atoms with Crippen molar-refractivity contribution in [1.29, 1.82) is 0 Å². The monoisotopic (exact) mass is 224 g/mol. The van der Waals surface area contributed by atoms with E-state index < -0.39 is 5.82 Å². The van der Waals surface area contributed by atoms with Gasteiger partial charge in [-0.05, 0) is 12.1 Å². The summed E-state index contributed by atoms with van der Waals surface area (Å²) < 4.78 is 18.3. The van der Waals surface area contributed by atoms with E-state index in [0.29, 0.717) is 18.8 Å². The number of carbonyl (C=O) groups is 1. The summed E-state index contributed by atoms with van der Waals surface area (Å²) in [6, 6.07) is 4.53. The summed E-state index contributed by atoms with van der Waals surface area (Å²) >= 11 is 0. The SMILES string of the molecule is COc1ccc(N2CCNCC2=O)cc1F. The van der Waals surface area contributed by atoms with Crippen LogP contribution in [-0.4, -0.2) is 32.7 Å². The molecule has 5 heteroatoms. The van der Waals surface area contributed by atoms with E-state index >= 15 is 0 Å². The van der Waals surface area contributed by atoms with Crippen LogP contribution in [0.2, 0.25) is 0 Å². The minimum absolute atomic E-state index is 0.0455. The molecule has 4 nitrogen and oxygen atoms in total. The lowest BCUT2D eigenvalue weighted by Crippen LogP contribution is -2.48. The van der Waals surface area contributed by atoms with Crippen LogP contribution in [0.3, 0.4) is 0 Å². The summed E-state index contributed by atoms with van der Waals surface area (Å²) in [5.41, 5.74) is 0.574. The standard InChI is InChI=1S/C11H13FN2O2/c1-16-10-3-2-8(6-9(10)12)14-5-4-13-7-11(14)15/h2-3,6,13H,4-5,7H2,1H3. The molecule has 0 unspecified atom stereocenters. The topological polar surface area (TPSA) is 41.6 Å². The highest BCUT2D eigenvalue weighted by Crippen LogP contribution is 2.23. The van der Waals surface area contributed by atoms with Crippen molar-refractivity contribution in [3.05, 3.63) is 24.0 Å². The Morgan fingerprint density at radius 3 is 2.94 bits per heavy atom. The van der Waals surface area contributed by atoms with Crippen LogP contribution in [0.1, 0.15) is 0 Å². The molecule has 2 rings (SSSR count). The highest BCUT2D eigenvalue weighted by molar-refractivity contribution is 5.95. The van der Waals surface area contributed by atoms with Crippen LogP contribution >= 0.6 is 0 Å². The number of rotatable bonds is 2. The van der Waals surface area contributed by atoms with Crippen molar-refractivity contribution in [2.75, 3.05) is 31.6 Å². The van der Waals surface area contributed by atoms with Crippen LogP contribution in [0.4, 0.5) is 10.1 Å². The molecule has 0 atom stereocenters. The number of hydrogen-bond acceptors (Lipinski definition) is 3. The van der Waals surface area contributed by atoms with Gasteiger partial charge in [0.05, 0.1) is 13.7 Å². The number of methoxy groups -OCH3 is 1. The number of anilines is 1. The number of ether oxygens (including phenoxy) is 1. The molecule has 86 valence electrons. The number of amides is 1. The number of halogens is 1. The average Bonchev–Trinajstić information content (AvgIpc) is 2.29. The van der Waals surface area contributed by atoms with Gasteiger partial charge in [0, 0.05) is 24.8 Å². The van der Waals surface area contributed by atoms with Gasteiger partial charge >= 0.3 is 0 Å². The van der Waals surface area contributed by atoms with E-state index in [9.17, 15) is 9.18 Å². The maximum atomic E-state index is 13.5. The van der Waals surface area contributed by atoms with E-state index in [1.54, 1.807) is 11.0 Å². The molecule has 0 bridgehead atoms. The second-order valence-electron chi connectivity index (χ2n) is 3.54. The first-order valence-corrected chi connectivity index (χ1v) is 5.07. The Balaban J connectivity index is 2.26. The van der Waals surface area contributed by atoms with Gasteiger partial charge in [-0.2, -0.15) is 0 Å². The van der Waals surface area contributed by atoms with E-state index in [-0.39, 0.29) is 11.7 Å². The maximum absolute atomic E-state index is 13.5. The number of piperazine rings is 1. The first kappa shape index (κ1) is 10.9. The van der Waals surface area contributed by atoms with Gasteiger partial charge in [0.1, 0.15) is 0 Å². The fourth-order valence-electron chi connectivity index (χ4n) is 1.70. The third kappa shape index (κ3) is 1.99. The summed E-state index contributed by atoms with van der Waals surface area (Å²) in [5, 5.41) is 2.96. The summed E-state index contributed by atoms with van der Waals surface area (Å²) in [7, 11) is 1.41. The number of nitrogens with zero attached hydrogens (tertiary/aromatic N) is 1. The van der Waals surface area contributed by atoms with Crippen LogP contribution in [-0.2, 0) is 4.79 Å². The molecule has 1 fully saturated rings. The van der Waals surface area contributed by atoms with Crippen LogP contribution < -0.4 is 15.0 Å². The molecule has 1 aromatic carbocycles. The molecule has 0 aliphatic carbocycles. The predicted molar refractivity (Wildman–Crippen MR) is 58.2 cm³/mol. The summed E-state index contributed by atoms with van der Waals surface area (Å²) in [4.78, 5) is 13.1. The molecule has 1 saturated heterocycles. The molecule has 1 aromatic rings. The van der Waals surface area contributed by atoms with Gasteiger partial charge in [0.2, 0.25) is 5.91 Å². The van der Waals surface area contributed by atoms with Gasteiger partial charge in [-0.15, -0.1) is 0 Å². The Hall–Kier alpha value is -1.62. The minimum atomic E-state index is -0.452. The quantitative estimate of drug-likeness (QED) is 0.806. The Kier molecular flexibility index (Phi) is 3.05. The zero-order chi connectivity index (χ0) is 11.5. The van der Waals surface area contributed by atoms with E-state index in [0.717, 1.165) is 6.54 Å². The van der Waals surface area contributed by atoms with Gasteiger partial charge in [-0.1, -0.05) is 0 Å². The number of hydrogen-bond donors (Lipinski definition) is 1. The van der Waals surface area contributed by atoms with Crippen LogP contribution in [0.25, 0.3) is 0 Å². The van der Waals surface area contributed by atoms with E-state index in [2.05, 4.69) is 5.32 Å². The van der Waals surface area contributed by atoms with E-state index in [4.69, 9.17) is 4.74 Å². The highest BCUT2D eigenvalue weighted by atomic mass is 19.1. The van der Waals surface area contributed by atoms with Gasteiger partial charge in [-0.3, -0.25) is 4.79 Å². The second-order valence-corrected chi connectivity index (χ2v) is 3.54. The van der Waals surface area contributed by atoms with Crippen molar-refractivity contribution in [3.8, 4) is 5.75 Å². The summed E-state index contributed by atoms with van der Waals surface area (Å²) in [5.74, 6) is -0.312. The summed E-state index contributed by atoms with van der Waals surface area (Å²) in [6.45, 7) is 1.58. The Morgan fingerprint density at radius 2 is 2.31 bits per heavy atom. The highest BCUT2D eigenvalue weighted by Gasteiger charge is 2.20. The average molecular weight is 224 g/mol. The Morgan fingerprint density at radius 1 is 1.50 bits per heavy atom. The number of nitrogens with one attached hydrogen (secondary N) is 1. The lowest BCUT2D eigenvalue weighted by Gasteiger charge is -2.27. The smallest absolute Gasteiger partial charge is 0.240 e. The van der Waals surface area contributed by atoms with Crippen molar-refractivity contribution in [2.24, 2.45) is 0 Å². The zero-order valence-electron chi connectivity index (χ0n) is 9.00. The fourth-order valence-corrected chi connectivity index (χ4v) is 1.70. The van der Waals surface area contributed by atoms with E-state index in [1.165, 1.54) is 19.2 Å². The first-order valence-electron chi connectivity index (χ1n) is 5.07. The zero-order valence-corrected chi connectivity index (χ0v) is 9.00. The molecule has 1 heterocycles. The molecular weight excluding hydrogens is 211 g/mol. The molecule has 0 saturated carbocycles. The molecule has 0 aromatic heterocycles. The van der Waals surface area contributed by atoms with Crippen molar-refractivity contribution < 1.29 is 13.9 Å². The molecule has 1 aliphatic rings. The maximum Gasteiger partial charge on any atom is 0.240 e. The second kappa shape index (κ2) is 4.49. The molecule has 1 N–H and O–H groups in total. The van der Waals surface area contributed by atoms with E-state index in [1.807, 2.05) is 0 Å².